The van der Waals surface area contributed by atoms with Crippen molar-refractivity contribution in [2.24, 2.45) is 5.73 Å². The van der Waals surface area contributed by atoms with Crippen molar-refractivity contribution in [3.63, 3.8) is 0 Å². The van der Waals surface area contributed by atoms with E-state index in [0.29, 0.717) is 6.42 Å². The third-order valence-electron chi connectivity index (χ3n) is 2.70. The van der Waals surface area contributed by atoms with E-state index in [1.807, 2.05) is 24.3 Å². The minimum Gasteiger partial charge on any atom is -0.460 e. The molecule has 101 valence electrons. The van der Waals surface area contributed by atoms with Crippen LogP contribution >= 0.6 is 12.4 Å². The van der Waals surface area contributed by atoms with Crippen LogP contribution in [-0.4, -0.2) is 18.6 Å². The van der Waals surface area contributed by atoms with Gasteiger partial charge in [-0.15, -0.1) is 12.4 Å². The quantitative estimate of drug-likeness (QED) is 0.663. The summed E-state index contributed by atoms with van der Waals surface area (Å²) in [5.74, 6) is -0.416. The van der Waals surface area contributed by atoms with E-state index in [-0.39, 0.29) is 19.0 Å². The van der Waals surface area contributed by atoms with Crippen molar-refractivity contribution in [3.05, 3.63) is 48.7 Å². The Bertz CT molecular complexity index is 500. The predicted octanol–water partition coefficient (Wildman–Crippen LogP) is 2.15. The van der Waals surface area contributed by atoms with Crippen LogP contribution in [0.4, 0.5) is 5.69 Å². The van der Waals surface area contributed by atoms with E-state index in [4.69, 9.17) is 10.5 Å². The van der Waals surface area contributed by atoms with E-state index in [0.717, 1.165) is 16.8 Å². The Morgan fingerprint density at radius 1 is 1.47 bits per heavy atom. The summed E-state index contributed by atoms with van der Waals surface area (Å²) >= 11 is 0. The van der Waals surface area contributed by atoms with Crippen LogP contribution in [0.1, 0.15) is 12.0 Å². The van der Waals surface area contributed by atoms with Crippen LogP contribution in [0.5, 0.6) is 0 Å². The first kappa shape index (κ1) is 15.3. The van der Waals surface area contributed by atoms with Crippen LogP contribution in [0.2, 0.25) is 0 Å². The van der Waals surface area contributed by atoms with Crippen molar-refractivity contribution in [2.75, 3.05) is 6.61 Å². The summed E-state index contributed by atoms with van der Waals surface area (Å²) in [6.45, 7) is 3.67. The topological polar surface area (TPSA) is 66.4 Å². The van der Waals surface area contributed by atoms with Gasteiger partial charge in [0.25, 0.3) is 0 Å². The first-order valence-electron chi connectivity index (χ1n) is 5.75. The second-order valence-electron chi connectivity index (χ2n) is 4.03. The lowest BCUT2D eigenvalue weighted by atomic mass is 10.0. The number of nitrogens with zero attached hydrogens (tertiary/aromatic N) is 1. The highest BCUT2D eigenvalue weighted by atomic mass is 35.5. The maximum atomic E-state index is 11.5. The predicted molar refractivity (Wildman–Crippen MR) is 77.2 cm³/mol. The Hall–Kier alpha value is -1.78. The Labute approximate surface area is 118 Å². The van der Waals surface area contributed by atoms with Gasteiger partial charge in [-0.2, -0.15) is 0 Å². The minimum atomic E-state index is -0.669. The fourth-order valence-electron chi connectivity index (χ4n) is 1.81. The van der Waals surface area contributed by atoms with Crippen molar-refractivity contribution in [2.45, 2.75) is 12.5 Å². The third kappa shape index (κ3) is 3.59. The number of esters is 1. The van der Waals surface area contributed by atoms with E-state index in [9.17, 15) is 4.79 Å². The van der Waals surface area contributed by atoms with Crippen LogP contribution in [0.15, 0.2) is 43.1 Å². The Morgan fingerprint density at radius 3 is 2.95 bits per heavy atom. The second-order valence-corrected chi connectivity index (χ2v) is 4.03. The van der Waals surface area contributed by atoms with Crippen molar-refractivity contribution in [1.82, 2.24) is 5.32 Å². The fraction of sp³-hybridized carbons (Fsp3) is 0.214. The molecule has 1 radical (unpaired) electrons. The van der Waals surface area contributed by atoms with Gasteiger partial charge in [0.15, 0.2) is 0 Å². The summed E-state index contributed by atoms with van der Waals surface area (Å²) in [5, 5.41) is 4.27. The van der Waals surface area contributed by atoms with Crippen LogP contribution in [0, 0.1) is 0 Å². The molecule has 1 unspecified atom stereocenters. The number of hydrogen-bond acceptors (Lipinski definition) is 3. The lowest BCUT2D eigenvalue weighted by molar-refractivity contribution is -0.143. The summed E-state index contributed by atoms with van der Waals surface area (Å²) in [4.78, 5) is 11.5. The van der Waals surface area contributed by atoms with E-state index < -0.39 is 12.0 Å². The minimum absolute atomic E-state index is 0. The number of benzene rings is 1. The zero-order valence-electron chi connectivity index (χ0n) is 10.4. The number of para-hydroxylation sites is 1. The van der Waals surface area contributed by atoms with Crippen molar-refractivity contribution < 1.29 is 9.53 Å². The van der Waals surface area contributed by atoms with Gasteiger partial charge in [-0.3, -0.25) is 10.1 Å². The molecule has 0 aliphatic carbocycles. The van der Waals surface area contributed by atoms with Gasteiger partial charge in [-0.1, -0.05) is 30.9 Å². The number of fused-ring (bicyclic) bond motifs is 1. The number of nitrogens with two attached hydrogens (primary N) is 1. The smallest absolute Gasteiger partial charge is 0.323 e. The van der Waals surface area contributed by atoms with Gasteiger partial charge < -0.3 is 10.5 Å². The van der Waals surface area contributed by atoms with Gasteiger partial charge in [0, 0.05) is 18.2 Å². The van der Waals surface area contributed by atoms with Crippen LogP contribution in [0.3, 0.4) is 0 Å². The molecule has 1 aromatic rings. The molecule has 1 heterocycles. The highest BCUT2D eigenvalue weighted by Gasteiger charge is 2.21. The van der Waals surface area contributed by atoms with Crippen molar-refractivity contribution in [1.29, 1.82) is 0 Å². The molecule has 0 saturated carbocycles. The first-order valence-corrected chi connectivity index (χ1v) is 5.75. The van der Waals surface area contributed by atoms with Gasteiger partial charge in [0.05, 0.1) is 5.69 Å². The molecule has 19 heavy (non-hydrogen) atoms. The maximum absolute atomic E-state index is 11.5. The lowest BCUT2D eigenvalue weighted by Gasteiger charge is -2.11. The highest BCUT2D eigenvalue weighted by Crippen LogP contribution is 2.32. The molecule has 0 spiro atoms. The van der Waals surface area contributed by atoms with Crippen LogP contribution in [0.25, 0.3) is 5.57 Å². The molecule has 4 nitrogen and oxygen atoms in total. The largest absolute Gasteiger partial charge is 0.460 e. The van der Waals surface area contributed by atoms with Crippen molar-refractivity contribution in [3.8, 4) is 0 Å². The Balaban J connectivity index is 0.00000180. The maximum Gasteiger partial charge on any atom is 0.323 e. The number of rotatable bonds is 5. The number of carbonyl (C=O) groups excluding carboxylic acids is 1. The standard InChI is InChI=1S/C14H15N2O2.ClH/c1-2-7-18-14(17)12(15)8-10-9-16-13-6-4-3-5-11(10)13;/h2-6,9,12H,1,7-8,15H2;1H. The molecular formula is C14H16ClN2O2. The molecule has 1 aliphatic rings. The van der Waals surface area contributed by atoms with Crippen molar-refractivity contribution >= 4 is 29.6 Å². The zero-order valence-corrected chi connectivity index (χ0v) is 11.2. The van der Waals surface area contributed by atoms with E-state index in [1.165, 1.54) is 6.08 Å². The van der Waals surface area contributed by atoms with Gasteiger partial charge in [-0.25, -0.2) is 0 Å². The summed E-state index contributed by atoms with van der Waals surface area (Å²) in [6, 6.07) is 7.10. The number of hydrogen-bond donors (Lipinski definition) is 1. The SMILES string of the molecule is C=CCOC(=O)C(N)CC1=C[N]c2ccccc21.Cl. The lowest BCUT2D eigenvalue weighted by Crippen LogP contribution is -2.32. The highest BCUT2D eigenvalue weighted by molar-refractivity contribution is 5.85. The summed E-state index contributed by atoms with van der Waals surface area (Å²) in [7, 11) is 0. The van der Waals surface area contributed by atoms with Crippen LogP contribution < -0.4 is 11.1 Å². The molecule has 0 aromatic heterocycles. The molecule has 2 rings (SSSR count). The normalized spacial score (nSPS) is 13.4. The average Bonchev–Trinajstić information content (AvgIpc) is 2.79. The molecule has 0 bridgehead atoms. The van der Waals surface area contributed by atoms with Gasteiger partial charge in [0.2, 0.25) is 0 Å². The molecule has 1 aliphatic heterocycles. The summed E-state index contributed by atoms with van der Waals surface area (Å²) < 4.78 is 4.91. The number of carbonyl (C=O) groups is 1. The number of ether oxygens (including phenoxy) is 1. The Kier molecular flexibility index (Phi) is 5.60. The first-order chi connectivity index (χ1) is 8.72. The molecule has 1 aromatic carbocycles. The number of halogens is 1. The summed E-state index contributed by atoms with van der Waals surface area (Å²) in [5.41, 5.74) is 8.72. The average molecular weight is 280 g/mol. The second kappa shape index (κ2) is 6.97. The molecule has 0 fully saturated rings. The van der Waals surface area contributed by atoms with Gasteiger partial charge in [0.1, 0.15) is 12.6 Å². The monoisotopic (exact) mass is 279 g/mol. The summed E-state index contributed by atoms with van der Waals surface area (Å²) in [6.07, 6.45) is 3.70. The van der Waals surface area contributed by atoms with E-state index in [2.05, 4.69) is 11.9 Å². The van der Waals surface area contributed by atoms with Gasteiger partial charge >= 0.3 is 5.97 Å². The molecule has 0 saturated heterocycles. The molecule has 2 N–H and O–H groups in total. The van der Waals surface area contributed by atoms with Crippen LogP contribution in [-0.2, 0) is 9.53 Å². The van der Waals surface area contributed by atoms with E-state index in [1.54, 1.807) is 6.20 Å². The molecular weight excluding hydrogens is 264 g/mol. The fourth-order valence-corrected chi connectivity index (χ4v) is 1.81. The molecule has 5 heteroatoms. The van der Waals surface area contributed by atoms with Gasteiger partial charge in [-0.05, 0) is 11.6 Å². The molecule has 1 atom stereocenters. The third-order valence-corrected chi connectivity index (χ3v) is 2.70. The zero-order chi connectivity index (χ0) is 13.0. The molecule has 0 amide bonds. The Morgan fingerprint density at radius 2 is 2.21 bits per heavy atom. The van der Waals surface area contributed by atoms with E-state index >= 15 is 0 Å².